The standard InChI is InChI=1S/C9H9NO3/c10-7(9(12)13)5-6-3-1-2-4-8(6)11/h1-5,11H,10H2,(H,12,13). The number of phenolic OH excluding ortho intramolecular Hbond substituents is 1. The Labute approximate surface area is 74.9 Å². The van der Waals surface area contributed by atoms with E-state index in [0.29, 0.717) is 5.56 Å². The summed E-state index contributed by atoms with van der Waals surface area (Å²) < 4.78 is 0. The maximum Gasteiger partial charge on any atom is 0.351 e. The van der Waals surface area contributed by atoms with Crippen molar-refractivity contribution >= 4 is 12.0 Å². The molecule has 0 unspecified atom stereocenters. The normalized spacial score (nSPS) is 11.2. The van der Waals surface area contributed by atoms with E-state index in [4.69, 9.17) is 10.8 Å². The summed E-state index contributed by atoms with van der Waals surface area (Å²) in [5.41, 5.74) is 5.25. The molecule has 4 heteroatoms. The van der Waals surface area contributed by atoms with Crippen LogP contribution in [0.4, 0.5) is 0 Å². The van der Waals surface area contributed by atoms with Crippen molar-refractivity contribution in [2.75, 3.05) is 0 Å². The lowest BCUT2D eigenvalue weighted by atomic mass is 10.2. The Balaban J connectivity index is 3.04. The Kier molecular flexibility index (Phi) is 2.54. The van der Waals surface area contributed by atoms with Crippen LogP contribution < -0.4 is 5.73 Å². The third kappa shape index (κ3) is 2.23. The third-order valence-corrected chi connectivity index (χ3v) is 1.49. The molecule has 0 aliphatic rings. The first-order valence-electron chi connectivity index (χ1n) is 3.59. The van der Waals surface area contributed by atoms with Gasteiger partial charge < -0.3 is 15.9 Å². The van der Waals surface area contributed by atoms with Crippen LogP contribution in [0.1, 0.15) is 5.56 Å². The van der Waals surface area contributed by atoms with Gasteiger partial charge in [0.15, 0.2) is 0 Å². The average Bonchev–Trinajstić information content (AvgIpc) is 2.08. The zero-order valence-electron chi connectivity index (χ0n) is 6.77. The molecule has 0 saturated carbocycles. The molecule has 0 aromatic heterocycles. The Hall–Kier alpha value is -1.97. The second-order valence-corrected chi connectivity index (χ2v) is 2.46. The van der Waals surface area contributed by atoms with Crippen LogP contribution in [-0.4, -0.2) is 16.2 Å². The van der Waals surface area contributed by atoms with Crippen molar-refractivity contribution in [3.63, 3.8) is 0 Å². The molecule has 0 heterocycles. The summed E-state index contributed by atoms with van der Waals surface area (Å²) in [7, 11) is 0. The number of phenols is 1. The van der Waals surface area contributed by atoms with E-state index in [9.17, 15) is 9.90 Å². The second kappa shape index (κ2) is 3.62. The minimum absolute atomic E-state index is 0.00620. The number of aromatic hydroxyl groups is 1. The van der Waals surface area contributed by atoms with Gasteiger partial charge in [0.2, 0.25) is 0 Å². The van der Waals surface area contributed by atoms with Gasteiger partial charge in [-0.1, -0.05) is 18.2 Å². The molecule has 4 nitrogen and oxygen atoms in total. The largest absolute Gasteiger partial charge is 0.507 e. The minimum atomic E-state index is -1.21. The van der Waals surface area contributed by atoms with Gasteiger partial charge in [-0.3, -0.25) is 0 Å². The number of carbonyl (C=O) groups is 1. The molecule has 1 aromatic carbocycles. The molecule has 0 bridgehead atoms. The second-order valence-electron chi connectivity index (χ2n) is 2.46. The number of carboxylic acids is 1. The lowest BCUT2D eigenvalue weighted by Gasteiger charge is -1.98. The number of aliphatic carboxylic acids is 1. The number of hydrogen-bond donors (Lipinski definition) is 3. The summed E-state index contributed by atoms with van der Waals surface area (Å²) in [6, 6.07) is 6.36. The Morgan fingerprint density at radius 3 is 2.54 bits per heavy atom. The highest BCUT2D eigenvalue weighted by atomic mass is 16.4. The van der Waals surface area contributed by atoms with E-state index in [-0.39, 0.29) is 11.4 Å². The predicted octanol–water partition coefficient (Wildman–Crippen LogP) is 0.776. The number of benzene rings is 1. The van der Waals surface area contributed by atoms with Gasteiger partial charge in [-0.15, -0.1) is 0 Å². The summed E-state index contributed by atoms with van der Waals surface area (Å²) in [6.45, 7) is 0. The maximum absolute atomic E-state index is 10.3. The van der Waals surface area contributed by atoms with Gasteiger partial charge >= 0.3 is 5.97 Å². The van der Waals surface area contributed by atoms with E-state index < -0.39 is 5.97 Å². The van der Waals surface area contributed by atoms with E-state index in [1.165, 1.54) is 12.1 Å². The van der Waals surface area contributed by atoms with Crippen molar-refractivity contribution in [3.05, 3.63) is 35.5 Å². The predicted molar refractivity (Wildman–Crippen MR) is 47.9 cm³/mol. The first-order valence-corrected chi connectivity index (χ1v) is 3.59. The smallest absolute Gasteiger partial charge is 0.351 e. The van der Waals surface area contributed by atoms with Crippen molar-refractivity contribution in [1.29, 1.82) is 0 Å². The molecule has 0 saturated heterocycles. The number of rotatable bonds is 2. The molecular weight excluding hydrogens is 170 g/mol. The van der Waals surface area contributed by atoms with Gasteiger partial charge in [0, 0.05) is 5.56 Å². The summed E-state index contributed by atoms with van der Waals surface area (Å²) in [6.07, 6.45) is 1.21. The molecule has 0 aliphatic heterocycles. The Morgan fingerprint density at radius 1 is 1.38 bits per heavy atom. The number of nitrogens with two attached hydrogens (primary N) is 1. The molecule has 0 aliphatic carbocycles. The lowest BCUT2D eigenvalue weighted by molar-refractivity contribution is -0.132. The zero-order chi connectivity index (χ0) is 9.84. The van der Waals surface area contributed by atoms with Crippen molar-refractivity contribution < 1.29 is 15.0 Å². The summed E-state index contributed by atoms with van der Waals surface area (Å²) in [5.74, 6) is -1.20. The highest BCUT2D eigenvalue weighted by Crippen LogP contribution is 2.17. The van der Waals surface area contributed by atoms with Crippen LogP contribution in [0.25, 0.3) is 6.08 Å². The molecule has 13 heavy (non-hydrogen) atoms. The highest BCUT2D eigenvalue weighted by Gasteiger charge is 2.02. The third-order valence-electron chi connectivity index (χ3n) is 1.49. The van der Waals surface area contributed by atoms with Crippen molar-refractivity contribution in [2.24, 2.45) is 5.73 Å². The first kappa shape index (κ1) is 9.12. The summed E-state index contributed by atoms with van der Waals surface area (Å²) >= 11 is 0. The van der Waals surface area contributed by atoms with E-state index in [1.807, 2.05) is 0 Å². The molecule has 68 valence electrons. The van der Waals surface area contributed by atoms with Crippen LogP contribution in [0, 0.1) is 0 Å². The van der Waals surface area contributed by atoms with Crippen molar-refractivity contribution in [2.45, 2.75) is 0 Å². The number of para-hydroxylation sites is 1. The van der Waals surface area contributed by atoms with Gasteiger partial charge in [-0.25, -0.2) is 4.79 Å². The van der Waals surface area contributed by atoms with Gasteiger partial charge in [-0.2, -0.15) is 0 Å². The molecule has 1 rings (SSSR count). The molecule has 0 amide bonds. The average molecular weight is 179 g/mol. The molecule has 0 fully saturated rings. The van der Waals surface area contributed by atoms with Crippen LogP contribution in [-0.2, 0) is 4.79 Å². The van der Waals surface area contributed by atoms with Gasteiger partial charge in [0.1, 0.15) is 11.4 Å². The fraction of sp³-hybridized carbons (Fsp3) is 0. The number of hydrogen-bond acceptors (Lipinski definition) is 3. The van der Waals surface area contributed by atoms with E-state index in [2.05, 4.69) is 0 Å². The van der Waals surface area contributed by atoms with Gasteiger partial charge in [-0.05, 0) is 12.1 Å². The van der Waals surface area contributed by atoms with Crippen LogP contribution in [0.5, 0.6) is 5.75 Å². The minimum Gasteiger partial charge on any atom is -0.507 e. The van der Waals surface area contributed by atoms with Crippen LogP contribution in [0.2, 0.25) is 0 Å². The molecule has 0 radical (unpaired) electrons. The Morgan fingerprint density at radius 2 is 2.00 bits per heavy atom. The monoisotopic (exact) mass is 179 g/mol. The molecular formula is C9H9NO3. The van der Waals surface area contributed by atoms with Gasteiger partial charge in [0.05, 0.1) is 0 Å². The van der Waals surface area contributed by atoms with E-state index in [0.717, 1.165) is 0 Å². The fourth-order valence-corrected chi connectivity index (χ4v) is 0.839. The molecule has 1 aromatic rings. The SMILES string of the molecule is NC(=Cc1ccccc1O)C(=O)O. The summed E-state index contributed by atoms with van der Waals surface area (Å²) in [5, 5.41) is 17.7. The van der Waals surface area contributed by atoms with Crippen molar-refractivity contribution in [1.82, 2.24) is 0 Å². The Bertz CT molecular complexity index is 358. The molecule has 4 N–H and O–H groups in total. The quantitative estimate of drug-likeness (QED) is 0.585. The van der Waals surface area contributed by atoms with E-state index in [1.54, 1.807) is 18.2 Å². The maximum atomic E-state index is 10.3. The summed E-state index contributed by atoms with van der Waals surface area (Å²) in [4.78, 5) is 10.3. The van der Waals surface area contributed by atoms with Crippen LogP contribution in [0.3, 0.4) is 0 Å². The lowest BCUT2D eigenvalue weighted by Crippen LogP contribution is -2.09. The number of carboxylic acid groups (broad SMARTS) is 1. The topological polar surface area (TPSA) is 83.5 Å². The first-order chi connectivity index (χ1) is 6.11. The fourth-order valence-electron chi connectivity index (χ4n) is 0.839. The molecule has 0 atom stereocenters. The van der Waals surface area contributed by atoms with Crippen LogP contribution >= 0.6 is 0 Å². The van der Waals surface area contributed by atoms with Crippen molar-refractivity contribution in [3.8, 4) is 5.75 Å². The van der Waals surface area contributed by atoms with Crippen LogP contribution in [0.15, 0.2) is 30.0 Å². The van der Waals surface area contributed by atoms with Gasteiger partial charge in [0.25, 0.3) is 0 Å². The van der Waals surface area contributed by atoms with E-state index >= 15 is 0 Å². The molecule has 0 spiro atoms. The zero-order valence-corrected chi connectivity index (χ0v) is 6.77. The highest BCUT2D eigenvalue weighted by molar-refractivity contribution is 5.91.